The van der Waals surface area contributed by atoms with Crippen LogP contribution in [0.25, 0.3) is 0 Å². The van der Waals surface area contributed by atoms with E-state index in [1.165, 1.54) is 0 Å². The third-order valence-electron chi connectivity index (χ3n) is 3.33. The van der Waals surface area contributed by atoms with Crippen molar-refractivity contribution in [1.29, 1.82) is 0 Å². The molecule has 5 nitrogen and oxygen atoms in total. The average Bonchev–Trinajstić information content (AvgIpc) is 2.85. The fourth-order valence-corrected chi connectivity index (χ4v) is 2.95. The van der Waals surface area contributed by atoms with Crippen LogP contribution >= 0.6 is 0 Å². The highest BCUT2D eigenvalue weighted by Crippen LogP contribution is 2.31. The molecule has 0 N–H and O–H groups in total. The Morgan fingerprint density at radius 3 is 2.95 bits per heavy atom. The van der Waals surface area contributed by atoms with Crippen molar-refractivity contribution < 1.29 is 13.2 Å². The number of aromatic nitrogens is 1. The van der Waals surface area contributed by atoms with Crippen LogP contribution in [0.3, 0.4) is 0 Å². The largest absolute Gasteiger partial charge is 0.336 e. The lowest BCUT2D eigenvalue weighted by Gasteiger charge is -2.24. The Labute approximate surface area is 113 Å². The standard InChI is InChI=1S/C13H18N2O3S/c1-19(17,18)9-6-13(16)15-8-3-5-12(15)11-4-2-7-14-10-11/h2,4,7,10,12H,3,5-6,8-9H2,1H3. The molecule has 0 aliphatic carbocycles. The van der Waals surface area contributed by atoms with Gasteiger partial charge in [-0.25, -0.2) is 8.42 Å². The summed E-state index contributed by atoms with van der Waals surface area (Å²) in [5.74, 6) is -0.168. The molecule has 0 aromatic carbocycles. The topological polar surface area (TPSA) is 67.3 Å². The number of nitrogens with zero attached hydrogens (tertiary/aromatic N) is 2. The molecule has 0 spiro atoms. The molecule has 1 atom stereocenters. The van der Waals surface area contributed by atoms with E-state index in [0.29, 0.717) is 6.54 Å². The molecule has 1 aromatic rings. The molecule has 0 bridgehead atoms. The SMILES string of the molecule is CS(=O)(=O)CCC(=O)N1CCCC1c1cccnc1. The lowest BCUT2D eigenvalue weighted by atomic mass is 10.1. The predicted octanol–water partition coefficient (Wildman–Crippen LogP) is 1.18. The highest BCUT2D eigenvalue weighted by molar-refractivity contribution is 7.90. The van der Waals surface area contributed by atoms with Crippen molar-refractivity contribution in [2.24, 2.45) is 0 Å². The van der Waals surface area contributed by atoms with Gasteiger partial charge in [-0.15, -0.1) is 0 Å². The summed E-state index contributed by atoms with van der Waals surface area (Å²) in [7, 11) is -3.09. The monoisotopic (exact) mass is 282 g/mol. The number of hydrogen-bond donors (Lipinski definition) is 0. The number of rotatable bonds is 4. The van der Waals surface area contributed by atoms with Crippen molar-refractivity contribution >= 4 is 15.7 Å². The Bertz CT molecular complexity index is 542. The van der Waals surface area contributed by atoms with E-state index in [1.807, 2.05) is 12.1 Å². The van der Waals surface area contributed by atoms with Crippen LogP contribution in [0.5, 0.6) is 0 Å². The number of sulfone groups is 1. The van der Waals surface area contributed by atoms with Gasteiger partial charge in [-0.2, -0.15) is 0 Å². The summed E-state index contributed by atoms with van der Waals surface area (Å²) in [6, 6.07) is 3.85. The van der Waals surface area contributed by atoms with Gasteiger partial charge in [0.2, 0.25) is 5.91 Å². The molecule has 1 aromatic heterocycles. The fraction of sp³-hybridized carbons (Fsp3) is 0.538. The molecule has 1 aliphatic rings. The Kier molecular flexibility index (Phi) is 4.19. The Hall–Kier alpha value is -1.43. The Balaban J connectivity index is 2.05. The molecule has 0 radical (unpaired) electrons. The molecule has 2 rings (SSSR count). The van der Waals surface area contributed by atoms with E-state index in [1.54, 1.807) is 17.3 Å². The second-order valence-electron chi connectivity index (χ2n) is 4.91. The summed E-state index contributed by atoms with van der Waals surface area (Å²) in [4.78, 5) is 18.0. The lowest BCUT2D eigenvalue weighted by Crippen LogP contribution is -2.31. The maximum Gasteiger partial charge on any atom is 0.224 e. The molecule has 6 heteroatoms. The van der Waals surface area contributed by atoms with Crippen molar-refractivity contribution in [2.75, 3.05) is 18.6 Å². The van der Waals surface area contributed by atoms with E-state index in [-0.39, 0.29) is 24.1 Å². The first-order valence-corrected chi connectivity index (χ1v) is 8.40. The van der Waals surface area contributed by atoms with Gasteiger partial charge in [0, 0.05) is 31.6 Å². The van der Waals surface area contributed by atoms with Gasteiger partial charge in [0.1, 0.15) is 9.84 Å². The number of carbonyl (C=O) groups is 1. The lowest BCUT2D eigenvalue weighted by molar-refractivity contribution is -0.131. The first-order valence-electron chi connectivity index (χ1n) is 6.34. The summed E-state index contributed by atoms with van der Waals surface area (Å²) in [5.41, 5.74) is 1.02. The van der Waals surface area contributed by atoms with E-state index >= 15 is 0 Å². The molecule has 1 unspecified atom stereocenters. The molecule has 19 heavy (non-hydrogen) atoms. The Morgan fingerprint density at radius 1 is 1.53 bits per heavy atom. The fourth-order valence-electron chi connectivity index (χ4n) is 2.40. The van der Waals surface area contributed by atoms with Gasteiger partial charge in [-0.05, 0) is 24.5 Å². The molecular weight excluding hydrogens is 264 g/mol. The normalized spacial score (nSPS) is 19.6. The van der Waals surface area contributed by atoms with Crippen LogP contribution in [0, 0.1) is 0 Å². The molecule has 1 aliphatic heterocycles. The van der Waals surface area contributed by atoms with Gasteiger partial charge in [0.15, 0.2) is 0 Å². The van der Waals surface area contributed by atoms with Crippen molar-refractivity contribution in [3.63, 3.8) is 0 Å². The zero-order valence-corrected chi connectivity index (χ0v) is 11.8. The molecule has 1 saturated heterocycles. The summed E-state index contributed by atoms with van der Waals surface area (Å²) < 4.78 is 22.2. The van der Waals surface area contributed by atoms with Crippen LogP contribution in [-0.4, -0.2) is 42.8 Å². The average molecular weight is 282 g/mol. The van der Waals surface area contributed by atoms with E-state index in [2.05, 4.69) is 4.98 Å². The molecular formula is C13H18N2O3S. The predicted molar refractivity (Wildman–Crippen MR) is 72.3 cm³/mol. The van der Waals surface area contributed by atoms with Gasteiger partial charge in [0.25, 0.3) is 0 Å². The van der Waals surface area contributed by atoms with Gasteiger partial charge < -0.3 is 4.90 Å². The van der Waals surface area contributed by atoms with Crippen LogP contribution in [0.15, 0.2) is 24.5 Å². The molecule has 1 fully saturated rings. The second-order valence-corrected chi connectivity index (χ2v) is 7.17. The van der Waals surface area contributed by atoms with Crippen LogP contribution in [0.2, 0.25) is 0 Å². The number of pyridine rings is 1. The van der Waals surface area contributed by atoms with E-state index in [9.17, 15) is 13.2 Å². The number of carbonyl (C=O) groups excluding carboxylic acids is 1. The summed E-state index contributed by atoms with van der Waals surface area (Å²) in [5, 5.41) is 0. The zero-order chi connectivity index (χ0) is 13.9. The zero-order valence-electron chi connectivity index (χ0n) is 10.9. The van der Waals surface area contributed by atoms with E-state index < -0.39 is 9.84 Å². The smallest absolute Gasteiger partial charge is 0.224 e. The van der Waals surface area contributed by atoms with Gasteiger partial charge in [0.05, 0.1) is 11.8 Å². The number of amides is 1. The van der Waals surface area contributed by atoms with Crippen LogP contribution in [0.1, 0.15) is 30.9 Å². The highest BCUT2D eigenvalue weighted by atomic mass is 32.2. The number of likely N-dealkylation sites (tertiary alicyclic amines) is 1. The maximum atomic E-state index is 12.1. The quantitative estimate of drug-likeness (QED) is 0.831. The van der Waals surface area contributed by atoms with Crippen LogP contribution in [-0.2, 0) is 14.6 Å². The third-order valence-corrected chi connectivity index (χ3v) is 4.27. The van der Waals surface area contributed by atoms with Crippen molar-refractivity contribution in [3.8, 4) is 0 Å². The van der Waals surface area contributed by atoms with Crippen molar-refractivity contribution in [1.82, 2.24) is 9.88 Å². The summed E-state index contributed by atoms with van der Waals surface area (Å²) >= 11 is 0. The minimum atomic E-state index is -3.09. The van der Waals surface area contributed by atoms with Crippen molar-refractivity contribution in [2.45, 2.75) is 25.3 Å². The minimum Gasteiger partial charge on any atom is -0.336 e. The van der Waals surface area contributed by atoms with Gasteiger partial charge >= 0.3 is 0 Å². The molecule has 2 heterocycles. The first-order chi connectivity index (χ1) is 8.97. The maximum absolute atomic E-state index is 12.1. The van der Waals surface area contributed by atoms with Gasteiger partial charge in [-0.1, -0.05) is 6.07 Å². The second kappa shape index (κ2) is 5.69. The highest BCUT2D eigenvalue weighted by Gasteiger charge is 2.30. The molecule has 0 saturated carbocycles. The summed E-state index contributed by atoms with van der Waals surface area (Å²) in [6.45, 7) is 0.697. The minimum absolute atomic E-state index is 0.0424. The van der Waals surface area contributed by atoms with Crippen molar-refractivity contribution in [3.05, 3.63) is 30.1 Å². The van der Waals surface area contributed by atoms with E-state index in [4.69, 9.17) is 0 Å². The first kappa shape index (κ1) is 14.0. The Morgan fingerprint density at radius 2 is 2.32 bits per heavy atom. The number of hydrogen-bond acceptors (Lipinski definition) is 4. The third kappa shape index (κ3) is 3.76. The van der Waals surface area contributed by atoms with Crippen LogP contribution in [0.4, 0.5) is 0 Å². The molecule has 1 amide bonds. The summed E-state index contributed by atoms with van der Waals surface area (Å²) in [6.07, 6.45) is 6.56. The van der Waals surface area contributed by atoms with Crippen LogP contribution < -0.4 is 0 Å². The van der Waals surface area contributed by atoms with E-state index in [0.717, 1.165) is 24.7 Å². The van der Waals surface area contributed by atoms with Gasteiger partial charge in [-0.3, -0.25) is 9.78 Å². The molecule has 104 valence electrons.